The highest BCUT2D eigenvalue weighted by Crippen LogP contribution is 2.45. The lowest BCUT2D eigenvalue weighted by Gasteiger charge is -2.38. The van der Waals surface area contributed by atoms with Gasteiger partial charge in [0.05, 0.1) is 24.9 Å². The summed E-state index contributed by atoms with van der Waals surface area (Å²) in [5.41, 5.74) is -1.74. The second-order valence-electron chi connectivity index (χ2n) is 9.15. The van der Waals surface area contributed by atoms with E-state index < -0.39 is 23.7 Å². The van der Waals surface area contributed by atoms with Crippen LogP contribution >= 0.6 is 11.6 Å². The van der Waals surface area contributed by atoms with Crippen molar-refractivity contribution in [3.8, 4) is 11.6 Å². The summed E-state index contributed by atoms with van der Waals surface area (Å²) in [6.45, 7) is 5.77. The smallest absolute Gasteiger partial charge is 0.431 e. The Bertz CT molecular complexity index is 1200. The van der Waals surface area contributed by atoms with Crippen molar-refractivity contribution < 1.29 is 27.8 Å². The van der Waals surface area contributed by atoms with Crippen molar-refractivity contribution in [2.75, 3.05) is 13.2 Å². The average molecular weight is 498 g/mol. The molecule has 34 heavy (non-hydrogen) atoms. The van der Waals surface area contributed by atoms with Crippen LogP contribution < -0.4 is 14.8 Å². The lowest BCUT2D eigenvalue weighted by atomic mass is 9.76. The van der Waals surface area contributed by atoms with Gasteiger partial charge < -0.3 is 19.6 Å². The number of aliphatic hydroxyl groups is 1. The molecule has 0 spiro atoms. The molecule has 6 nitrogen and oxygen atoms in total. The van der Waals surface area contributed by atoms with Crippen LogP contribution in [0.4, 0.5) is 13.2 Å². The molecule has 3 heterocycles. The molecule has 0 saturated heterocycles. The van der Waals surface area contributed by atoms with Crippen LogP contribution in [0, 0.1) is 0 Å². The van der Waals surface area contributed by atoms with E-state index in [0.29, 0.717) is 53.1 Å². The third kappa shape index (κ3) is 4.82. The van der Waals surface area contributed by atoms with Crippen molar-refractivity contribution in [3.63, 3.8) is 0 Å². The molecule has 184 valence electrons. The molecule has 0 saturated carbocycles. The highest BCUT2D eigenvalue weighted by Gasteiger charge is 2.56. The summed E-state index contributed by atoms with van der Waals surface area (Å²) >= 11 is 6.23. The normalized spacial score (nSPS) is 15.8. The fourth-order valence-corrected chi connectivity index (χ4v) is 4.65. The second-order valence-corrected chi connectivity index (χ2v) is 9.59. The molecule has 1 aliphatic rings. The second kappa shape index (κ2) is 8.94. The molecule has 3 N–H and O–H groups in total. The Hall–Kier alpha value is -2.49. The summed E-state index contributed by atoms with van der Waals surface area (Å²) in [6, 6.07) is 6.78. The van der Waals surface area contributed by atoms with Gasteiger partial charge in [-0.05, 0) is 36.1 Å². The van der Waals surface area contributed by atoms with Gasteiger partial charge in [-0.15, -0.1) is 0 Å². The molecular weight excluding hydrogens is 471 g/mol. The van der Waals surface area contributed by atoms with Gasteiger partial charge in [0.2, 0.25) is 11.6 Å². The highest BCUT2D eigenvalue weighted by atomic mass is 35.5. The number of benzene rings is 1. The Morgan fingerprint density at radius 2 is 2.00 bits per heavy atom. The van der Waals surface area contributed by atoms with Gasteiger partial charge in [0.25, 0.3) is 0 Å². The Morgan fingerprint density at radius 1 is 1.24 bits per heavy atom. The van der Waals surface area contributed by atoms with Crippen molar-refractivity contribution in [1.82, 2.24) is 15.3 Å². The third-order valence-electron chi connectivity index (χ3n) is 6.04. The Kier molecular flexibility index (Phi) is 6.48. The molecule has 3 aromatic rings. The minimum atomic E-state index is -4.93. The molecular formula is C24H27ClF3N3O3. The lowest BCUT2D eigenvalue weighted by molar-refractivity contribution is -0.280. The van der Waals surface area contributed by atoms with Crippen molar-refractivity contribution in [3.05, 3.63) is 52.3 Å². The van der Waals surface area contributed by atoms with Crippen LogP contribution in [-0.4, -0.2) is 40.2 Å². The molecule has 0 bridgehead atoms. The zero-order valence-electron chi connectivity index (χ0n) is 19.1. The van der Waals surface area contributed by atoms with Crippen molar-refractivity contribution >= 4 is 22.5 Å². The summed E-state index contributed by atoms with van der Waals surface area (Å²) in [7, 11) is 0. The van der Waals surface area contributed by atoms with Crippen molar-refractivity contribution in [2.45, 2.75) is 57.5 Å². The Balaban J connectivity index is 1.59. The minimum absolute atomic E-state index is 0.241. The summed E-state index contributed by atoms with van der Waals surface area (Å²) in [5, 5.41) is 14.4. The maximum Gasteiger partial charge on any atom is 0.431 e. The summed E-state index contributed by atoms with van der Waals surface area (Å²) < 4.78 is 53.5. The van der Waals surface area contributed by atoms with Gasteiger partial charge in [0, 0.05) is 47.1 Å². The molecule has 1 unspecified atom stereocenters. The molecule has 2 aromatic heterocycles. The maximum absolute atomic E-state index is 14.1. The summed E-state index contributed by atoms with van der Waals surface area (Å²) in [6.07, 6.45) is -3.37. The predicted molar refractivity (Wildman–Crippen MR) is 123 cm³/mol. The average Bonchev–Trinajstić information content (AvgIpc) is 3.36. The number of hydrogen-bond acceptors (Lipinski definition) is 5. The number of fused-ring (bicyclic) bond motifs is 2. The minimum Gasteiger partial charge on any atom is -0.493 e. The van der Waals surface area contributed by atoms with Gasteiger partial charge in [-0.2, -0.15) is 13.2 Å². The standard InChI is InChI=1S/C24H27ClF3N3O3/c1-4-33-20-9-15-8-17(31-19(15)12-29-20)11-30-23(32,24(26,27)28)13-22(2,3)18-10-16(25)7-14-5-6-34-21(14)18/h7-10,12,30-32H,4-6,11,13H2,1-3H3. The van der Waals surface area contributed by atoms with Crippen LogP contribution in [0.25, 0.3) is 10.9 Å². The van der Waals surface area contributed by atoms with E-state index in [2.05, 4.69) is 15.3 Å². The summed E-state index contributed by atoms with van der Waals surface area (Å²) in [5.74, 6) is 0.977. The molecule has 4 rings (SSSR count). The molecule has 1 aliphatic heterocycles. The van der Waals surface area contributed by atoms with Crippen molar-refractivity contribution in [1.29, 1.82) is 0 Å². The largest absolute Gasteiger partial charge is 0.493 e. The molecule has 0 amide bonds. The van der Waals surface area contributed by atoms with Crippen LogP contribution in [0.1, 0.15) is 44.0 Å². The quantitative estimate of drug-likeness (QED) is 0.370. The number of ether oxygens (including phenoxy) is 2. The maximum atomic E-state index is 14.1. The first kappa shape index (κ1) is 24.6. The van der Waals surface area contributed by atoms with Crippen LogP contribution in [0.3, 0.4) is 0 Å². The first-order chi connectivity index (χ1) is 15.9. The number of nitrogens with one attached hydrogen (secondary N) is 2. The molecule has 0 aliphatic carbocycles. The number of aromatic amines is 1. The van der Waals surface area contributed by atoms with Gasteiger partial charge in [0.1, 0.15) is 5.75 Å². The molecule has 0 radical (unpaired) electrons. The molecule has 0 fully saturated rings. The first-order valence-corrected chi connectivity index (χ1v) is 11.4. The monoisotopic (exact) mass is 497 g/mol. The predicted octanol–water partition coefficient (Wildman–Crippen LogP) is 5.26. The summed E-state index contributed by atoms with van der Waals surface area (Å²) in [4.78, 5) is 7.18. The van der Waals surface area contributed by atoms with E-state index in [-0.39, 0.29) is 6.54 Å². The zero-order valence-corrected chi connectivity index (χ0v) is 19.9. The number of halogens is 4. The van der Waals surface area contributed by atoms with E-state index in [4.69, 9.17) is 21.1 Å². The van der Waals surface area contributed by atoms with Gasteiger partial charge in [0.15, 0.2) is 0 Å². The number of pyridine rings is 1. The Labute approximate surface area is 200 Å². The zero-order chi connectivity index (χ0) is 24.7. The fourth-order valence-electron chi connectivity index (χ4n) is 4.40. The van der Waals surface area contributed by atoms with Crippen LogP contribution in [0.2, 0.25) is 5.02 Å². The van der Waals surface area contributed by atoms with Gasteiger partial charge in [-0.25, -0.2) is 4.98 Å². The number of nitrogens with zero attached hydrogens (tertiary/aromatic N) is 1. The molecule has 1 aromatic carbocycles. The lowest BCUT2D eigenvalue weighted by Crippen LogP contribution is -2.59. The van der Waals surface area contributed by atoms with Crippen molar-refractivity contribution in [2.24, 2.45) is 0 Å². The third-order valence-corrected chi connectivity index (χ3v) is 6.26. The van der Waals surface area contributed by atoms with Gasteiger partial charge in [-0.3, -0.25) is 5.32 Å². The Morgan fingerprint density at radius 3 is 2.71 bits per heavy atom. The van der Waals surface area contributed by atoms with E-state index in [0.717, 1.165) is 10.9 Å². The van der Waals surface area contributed by atoms with E-state index in [1.54, 1.807) is 44.3 Å². The SMILES string of the molecule is CCOc1cc2cc(CNC(O)(CC(C)(C)c3cc(Cl)cc4c3OCC4)C(F)(F)F)[nH]c2cn1. The van der Waals surface area contributed by atoms with E-state index >= 15 is 0 Å². The first-order valence-electron chi connectivity index (χ1n) is 11.0. The highest BCUT2D eigenvalue weighted by molar-refractivity contribution is 6.30. The van der Waals surface area contributed by atoms with E-state index in [9.17, 15) is 18.3 Å². The number of H-pyrrole nitrogens is 1. The van der Waals surface area contributed by atoms with Crippen LogP contribution in [-0.2, 0) is 18.4 Å². The van der Waals surface area contributed by atoms with Crippen LogP contribution in [0.5, 0.6) is 11.6 Å². The molecule has 10 heteroatoms. The van der Waals surface area contributed by atoms with E-state index in [1.165, 1.54) is 0 Å². The van der Waals surface area contributed by atoms with Crippen LogP contribution in [0.15, 0.2) is 30.5 Å². The fraction of sp³-hybridized carbons (Fsp3) is 0.458. The number of rotatable bonds is 8. The number of hydrogen-bond donors (Lipinski definition) is 3. The van der Waals surface area contributed by atoms with Gasteiger partial charge in [-0.1, -0.05) is 25.4 Å². The topological polar surface area (TPSA) is 79.4 Å². The molecule has 1 atom stereocenters. The van der Waals surface area contributed by atoms with Gasteiger partial charge >= 0.3 is 6.18 Å². The number of aromatic nitrogens is 2. The number of alkyl halides is 3. The van der Waals surface area contributed by atoms with E-state index in [1.807, 2.05) is 6.92 Å².